The van der Waals surface area contributed by atoms with E-state index in [9.17, 15) is 0 Å². The van der Waals surface area contributed by atoms with Gasteiger partial charge < -0.3 is 0 Å². The van der Waals surface area contributed by atoms with E-state index in [1.165, 1.54) is 5.57 Å². The molecular weight excluding hydrogens is 192 g/mol. The fourth-order valence-electron chi connectivity index (χ4n) is 2.55. The van der Waals surface area contributed by atoms with Crippen LogP contribution in [0.2, 0.25) is 0 Å². The van der Waals surface area contributed by atoms with Crippen LogP contribution in [0.4, 0.5) is 0 Å². The third-order valence-corrected chi connectivity index (χ3v) is 3.65. The van der Waals surface area contributed by atoms with E-state index >= 15 is 0 Å². The molecule has 0 fully saturated rings. The molecule has 1 aliphatic rings. The smallest absolute Gasteiger partial charge is 0.0104 e. The molecule has 0 spiro atoms. The normalized spacial score (nSPS) is 23.5. The first-order chi connectivity index (χ1) is 7.40. The fourth-order valence-corrected chi connectivity index (χ4v) is 2.55. The van der Waals surface area contributed by atoms with Gasteiger partial charge in [0, 0.05) is 0 Å². The van der Waals surface area contributed by atoms with Gasteiger partial charge in [0.15, 0.2) is 0 Å². The monoisotopic (exact) mass is 216 g/mol. The molecule has 0 aromatic carbocycles. The SMILES string of the molecule is C=C(C)C(=C)C1=CC=CCC(C)(C)C1CC. The molecule has 88 valence electrons. The molecule has 0 bridgehead atoms. The van der Waals surface area contributed by atoms with Gasteiger partial charge in [-0.25, -0.2) is 0 Å². The zero-order valence-electron chi connectivity index (χ0n) is 11.1. The molecule has 0 saturated carbocycles. The minimum Gasteiger partial charge on any atom is -0.0955 e. The van der Waals surface area contributed by atoms with Gasteiger partial charge in [0.05, 0.1) is 0 Å². The van der Waals surface area contributed by atoms with Crippen LogP contribution in [0.5, 0.6) is 0 Å². The van der Waals surface area contributed by atoms with E-state index in [1.54, 1.807) is 0 Å². The lowest BCUT2D eigenvalue weighted by Crippen LogP contribution is -2.25. The molecule has 1 aliphatic carbocycles. The average molecular weight is 216 g/mol. The fraction of sp³-hybridized carbons (Fsp3) is 0.500. The Kier molecular flexibility index (Phi) is 3.96. The first-order valence-electron chi connectivity index (χ1n) is 6.12. The van der Waals surface area contributed by atoms with E-state index in [4.69, 9.17) is 0 Å². The van der Waals surface area contributed by atoms with Crippen molar-refractivity contribution in [3.8, 4) is 0 Å². The van der Waals surface area contributed by atoms with Gasteiger partial charge in [-0.2, -0.15) is 0 Å². The summed E-state index contributed by atoms with van der Waals surface area (Å²) in [5, 5.41) is 0. The maximum atomic E-state index is 4.18. The van der Waals surface area contributed by atoms with Gasteiger partial charge in [-0.1, -0.05) is 57.7 Å². The van der Waals surface area contributed by atoms with Crippen LogP contribution in [-0.2, 0) is 0 Å². The van der Waals surface area contributed by atoms with Crippen molar-refractivity contribution >= 4 is 0 Å². The van der Waals surface area contributed by atoms with Gasteiger partial charge >= 0.3 is 0 Å². The maximum absolute atomic E-state index is 4.18. The van der Waals surface area contributed by atoms with Crippen molar-refractivity contribution in [3.05, 3.63) is 48.1 Å². The Morgan fingerprint density at radius 1 is 1.44 bits per heavy atom. The minimum atomic E-state index is 0.311. The van der Waals surface area contributed by atoms with Crippen molar-refractivity contribution in [3.63, 3.8) is 0 Å². The largest absolute Gasteiger partial charge is 0.0955 e. The molecule has 0 nitrogen and oxygen atoms in total. The van der Waals surface area contributed by atoms with Gasteiger partial charge in [-0.05, 0) is 42.2 Å². The lowest BCUT2D eigenvalue weighted by Gasteiger charge is -2.35. The third kappa shape index (κ3) is 2.55. The second-order valence-corrected chi connectivity index (χ2v) is 5.46. The molecule has 0 aromatic heterocycles. The molecule has 0 saturated heterocycles. The van der Waals surface area contributed by atoms with Crippen molar-refractivity contribution in [2.45, 2.75) is 40.5 Å². The quantitative estimate of drug-likeness (QED) is 0.579. The predicted molar refractivity (Wildman–Crippen MR) is 73.4 cm³/mol. The summed E-state index contributed by atoms with van der Waals surface area (Å²) in [6.07, 6.45) is 8.95. The molecular formula is C16H24. The van der Waals surface area contributed by atoms with Crippen LogP contribution in [0.25, 0.3) is 0 Å². The molecule has 0 heteroatoms. The molecule has 0 aromatic rings. The third-order valence-electron chi connectivity index (χ3n) is 3.65. The van der Waals surface area contributed by atoms with E-state index in [1.807, 2.05) is 6.92 Å². The van der Waals surface area contributed by atoms with Gasteiger partial charge in [-0.15, -0.1) is 0 Å². The van der Waals surface area contributed by atoms with E-state index in [2.05, 4.69) is 52.2 Å². The Morgan fingerprint density at radius 2 is 2.06 bits per heavy atom. The van der Waals surface area contributed by atoms with Crippen LogP contribution in [-0.4, -0.2) is 0 Å². The van der Waals surface area contributed by atoms with E-state index in [0.29, 0.717) is 11.3 Å². The molecule has 1 unspecified atom stereocenters. The first kappa shape index (κ1) is 13.0. The summed E-state index contributed by atoms with van der Waals surface area (Å²) in [4.78, 5) is 0. The van der Waals surface area contributed by atoms with Crippen LogP contribution in [0.3, 0.4) is 0 Å². The van der Waals surface area contributed by atoms with Gasteiger partial charge in [-0.3, -0.25) is 0 Å². The van der Waals surface area contributed by atoms with E-state index in [0.717, 1.165) is 24.0 Å². The summed E-state index contributed by atoms with van der Waals surface area (Å²) < 4.78 is 0. The van der Waals surface area contributed by atoms with E-state index in [-0.39, 0.29) is 0 Å². The maximum Gasteiger partial charge on any atom is -0.0104 e. The second-order valence-electron chi connectivity index (χ2n) is 5.46. The van der Waals surface area contributed by atoms with Crippen molar-refractivity contribution in [2.24, 2.45) is 11.3 Å². The lowest BCUT2D eigenvalue weighted by atomic mass is 9.70. The predicted octanol–water partition coefficient (Wildman–Crippen LogP) is 5.06. The zero-order chi connectivity index (χ0) is 12.3. The summed E-state index contributed by atoms with van der Waals surface area (Å²) in [6, 6.07) is 0. The Hall–Kier alpha value is -1.04. The summed E-state index contributed by atoms with van der Waals surface area (Å²) in [6.45, 7) is 17.2. The highest BCUT2D eigenvalue weighted by Gasteiger charge is 2.31. The molecule has 16 heavy (non-hydrogen) atoms. The second kappa shape index (κ2) is 4.86. The standard InChI is InChI=1S/C16H24/c1-7-15-14(13(4)12(2)3)10-8-9-11-16(15,5)6/h8-10,15H,2,4,7,11H2,1,3,5-6H3. The summed E-state index contributed by atoms with van der Waals surface area (Å²) >= 11 is 0. The van der Waals surface area contributed by atoms with Crippen LogP contribution in [0.1, 0.15) is 40.5 Å². The number of rotatable bonds is 3. The van der Waals surface area contributed by atoms with Gasteiger partial charge in [0.25, 0.3) is 0 Å². The molecule has 0 heterocycles. The highest BCUT2D eigenvalue weighted by molar-refractivity contribution is 5.46. The number of allylic oxidation sites excluding steroid dienone is 6. The van der Waals surface area contributed by atoms with Crippen molar-refractivity contribution in [1.29, 1.82) is 0 Å². The van der Waals surface area contributed by atoms with Crippen molar-refractivity contribution in [2.75, 3.05) is 0 Å². The van der Waals surface area contributed by atoms with Crippen molar-refractivity contribution < 1.29 is 0 Å². The highest BCUT2D eigenvalue weighted by Crippen LogP contribution is 2.43. The number of hydrogen-bond acceptors (Lipinski definition) is 0. The van der Waals surface area contributed by atoms with Gasteiger partial charge in [0.1, 0.15) is 0 Å². The van der Waals surface area contributed by atoms with Crippen LogP contribution < -0.4 is 0 Å². The molecule has 1 rings (SSSR count). The van der Waals surface area contributed by atoms with Gasteiger partial charge in [0.2, 0.25) is 0 Å². The summed E-state index contributed by atoms with van der Waals surface area (Å²) in [5.74, 6) is 0.576. The highest BCUT2D eigenvalue weighted by atomic mass is 14.4. The Bertz CT molecular complexity index is 350. The Morgan fingerprint density at radius 3 is 2.56 bits per heavy atom. The lowest BCUT2D eigenvalue weighted by molar-refractivity contribution is 0.248. The molecule has 0 aliphatic heterocycles. The molecule has 0 amide bonds. The number of hydrogen-bond donors (Lipinski definition) is 0. The van der Waals surface area contributed by atoms with Crippen LogP contribution in [0, 0.1) is 11.3 Å². The first-order valence-corrected chi connectivity index (χ1v) is 6.12. The Balaban J connectivity index is 3.13. The minimum absolute atomic E-state index is 0.311. The zero-order valence-corrected chi connectivity index (χ0v) is 11.1. The Labute approximate surface area is 100 Å². The summed E-state index contributed by atoms with van der Waals surface area (Å²) in [5.41, 5.74) is 3.88. The average Bonchev–Trinajstić information content (AvgIpc) is 2.34. The van der Waals surface area contributed by atoms with Crippen molar-refractivity contribution in [1.82, 2.24) is 0 Å². The molecule has 0 radical (unpaired) electrons. The molecule has 1 atom stereocenters. The van der Waals surface area contributed by atoms with Crippen LogP contribution in [0.15, 0.2) is 48.1 Å². The molecule has 0 N–H and O–H groups in total. The van der Waals surface area contributed by atoms with Crippen LogP contribution >= 0.6 is 0 Å². The van der Waals surface area contributed by atoms with E-state index < -0.39 is 0 Å². The topological polar surface area (TPSA) is 0 Å². The summed E-state index contributed by atoms with van der Waals surface area (Å²) in [7, 11) is 0.